The van der Waals surface area contributed by atoms with Crippen LogP contribution < -0.4 is 15.4 Å². The molecule has 0 aromatic heterocycles. The molecule has 0 saturated heterocycles. The van der Waals surface area contributed by atoms with E-state index in [1.807, 2.05) is 30.3 Å². The zero-order valence-electron chi connectivity index (χ0n) is 13.5. The molecule has 3 nitrogen and oxygen atoms in total. The van der Waals surface area contributed by atoms with Gasteiger partial charge in [-0.15, -0.1) is 0 Å². The molecular formula is C18H21BrN2OS. The summed E-state index contributed by atoms with van der Waals surface area (Å²) in [6.07, 6.45) is 1.01. The Bertz CT molecular complexity index is 690. The maximum absolute atomic E-state index is 5.41. The fraction of sp³-hybridized carbons (Fsp3) is 0.278. The van der Waals surface area contributed by atoms with E-state index in [1.54, 1.807) is 7.11 Å². The largest absolute Gasteiger partial charge is 0.496 e. The summed E-state index contributed by atoms with van der Waals surface area (Å²) in [4.78, 5) is 0. The summed E-state index contributed by atoms with van der Waals surface area (Å²) in [5.74, 6) is 0.818. The molecule has 0 aliphatic carbocycles. The third-order valence-electron chi connectivity index (χ3n) is 3.62. The quantitative estimate of drug-likeness (QED) is 0.695. The first-order valence-corrected chi connectivity index (χ1v) is 8.73. The zero-order chi connectivity index (χ0) is 16.8. The van der Waals surface area contributed by atoms with Gasteiger partial charge in [0.05, 0.1) is 17.6 Å². The van der Waals surface area contributed by atoms with Crippen molar-refractivity contribution in [3.63, 3.8) is 0 Å². The highest BCUT2D eigenvalue weighted by Crippen LogP contribution is 2.28. The van der Waals surface area contributed by atoms with Crippen molar-refractivity contribution in [3.8, 4) is 5.75 Å². The van der Waals surface area contributed by atoms with Crippen LogP contribution in [0.5, 0.6) is 5.75 Å². The highest BCUT2D eigenvalue weighted by Gasteiger charge is 2.10. The summed E-state index contributed by atoms with van der Waals surface area (Å²) in [7, 11) is 1.66. The van der Waals surface area contributed by atoms with E-state index < -0.39 is 0 Å². The number of hydrogen-bond donors (Lipinski definition) is 2. The lowest BCUT2D eigenvalue weighted by Gasteiger charge is -2.18. The third-order valence-corrected chi connectivity index (χ3v) is 4.46. The maximum Gasteiger partial charge on any atom is 0.171 e. The van der Waals surface area contributed by atoms with Crippen molar-refractivity contribution in [1.82, 2.24) is 5.32 Å². The monoisotopic (exact) mass is 392 g/mol. The molecule has 0 aliphatic rings. The summed E-state index contributed by atoms with van der Waals surface area (Å²) in [6, 6.07) is 14.4. The molecule has 0 spiro atoms. The van der Waals surface area contributed by atoms with Gasteiger partial charge in [0.1, 0.15) is 5.75 Å². The highest BCUT2D eigenvalue weighted by atomic mass is 79.9. The topological polar surface area (TPSA) is 33.3 Å². The number of aryl methyl sites for hydroxylation is 1. The Morgan fingerprint density at radius 1 is 1.26 bits per heavy atom. The smallest absolute Gasteiger partial charge is 0.171 e. The molecule has 0 aliphatic heterocycles. The molecule has 0 fully saturated rings. The fourth-order valence-electron chi connectivity index (χ4n) is 2.27. The van der Waals surface area contributed by atoms with E-state index >= 15 is 0 Å². The van der Waals surface area contributed by atoms with Crippen molar-refractivity contribution >= 4 is 38.9 Å². The van der Waals surface area contributed by atoms with Crippen LogP contribution in [-0.2, 0) is 6.42 Å². The van der Waals surface area contributed by atoms with Crippen molar-refractivity contribution in [2.45, 2.75) is 26.3 Å². The van der Waals surface area contributed by atoms with E-state index in [9.17, 15) is 0 Å². The van der Waals surface area contributed by atoms with E-state index in [1.165, 1.54) is 5.56 Å². The Kier molecular flexibility index (Phi) is 6.42. The van der Waals surface area contributed by atoms with Crippen LogP contribution in [-0.4, -0.2) is 12.2 Å². The first-order chi connectivity index (χ1) is 11.0. The second kappa shape index (κ2) is 8.31. The summed E-state index contributed by atoms with van der Waals surface area (Å²) in [5, 5.41) is 7.15. The summed E-state index contributed by atoms with van der Waals surface area (Å²) < 4.78 is 6.19. The predicted molar refractivity (Wildman–Crippen MR) is 104 cm³/mol. The molecule has 0 amide bonds. The van der Waals surface area contributed by atoms with Crippen molar-refractivity contribution in [2.24, 2.45) is 0 Å². The number of ether oxygens (including phenoxy) is 1. The summed E-state index contributed by atoms with van der Waals surface area (Å²) in [5.41, 5.74) is 3.42. The number of rotatable bonds is 5. The molecule has 2 aromatic carbocycles. The average molecular weight is 393 g/mol. The van der Waals surface area contributed by atoms with Gasteiger partial charge in [-0.1, -0.05) is 25.1 Å². The Hall–Kier alpha value is -1.59. The van der Waals surface area contributed by atoms with Gasteiger partial charge in [-0.05, 0) is 76.9 Å². The van der Waals surface area contributed by atoms with E-state index in [2.05, 4.69) is 52.5 Å². The summed E-state index contributed by atoms with van der Waals surface area (Å²) >= 11 is 8.92. The van der Waals surface area contributed by atoms with Crippen LogP contribution in [0.1, 0.15) is 31.0 Å². The van der Waals surface area contributed by atoms with Crippen LogP contribution >= 0.6 is 28.1 Å². The molecular weight excluding hydrogens is 372 g/mol. The molecule has 0 heterocycles. The van der Waals surface area contributed by atoms with Gasteiger partial charge in [-0.25, -0.2) is 0 Å². The number of thiocarbonyl (C=S) groups is 1. The number of methoxy groups -OCH3 is 1. The standard InChI is InChI=1S/C18H21BrN2OS/c1-4-13-6-5-7-15(10-13)21-18(23)20-12(2)14-8-9-17(22-3)16(19)11-14/h5-12H,4H2,1-3H3,(H2,20,21,23)/t12-/m0/s1. The molecule has 0 saturated carbocycles. The van der Waals surface area contributed by atoms with Gasteiger partial charge in [0, 0.05) is 5.69 Å². The maximum atomic E-state index is 5.41. The Labute approximate surface area is 151 Å². The van der Waals surface area contributed by atoms with Crippen molar-refractivity contribution < 1.29 is 4.74 Å². The number of halogens is 1. The number of benzene rings is 2. The van der Waals surface area contributed by atoms with Crippen molar-refractivity contribution in [2.75, 3.05) is 12.4 Å². The van der Waals surface area contributed by atoms with Gasteiger partial charge >= 0.3 is 0 Å². The average Bonchev–Trinajstić information content (AvgIpc) is 2.54. The van der Waals surface area contributed by atoms with Gasteiger partial charge in [-0.2, -0.15) is 0 Å². The van der Waals surface area contributed by atoms with Crippen molar-refractivity contribution in [3.05, 3.63) is 58.1 Å². The zero-order valence-corrected chi connectivity index (χ0v) is 15.9. The molecule has 5 heteroatoms. The van der Waals surface area contributed by atoms with Crippen LogP contribution in [0.15, 0.2) is 46.9 Å². The van der Waals surface area contributed by atoms with E-state index in [0.717, 1.165) is 27.9 Å². The van der Waals surface area contributed by atoms with Gasteiger partial charge < -0.3 is 15.4 Å². The van der Waals surface area contributed by atoms with Gasteiger partial charge in [0.25, 0.3) is 0 Å². The number of anilines is 1. The molecule has 2 rings (SSSR count). The highest BCUT2D eigenvalue weighted by molar-refractivity contribution is 9.10. The van der Waals surface area contributed by atoms with Crippen LogP contribution in [0.25, 0.3) is 0 Å². The first kappa shape index (κ1) is 17.8. The summed E-state index contributed by atoms with van der Waals surface area (Å²) in [6.45, 7) is 4.21. The van der Waals surface area contributed by atoms with E-state index in [0.29, 0.717) is 5.11 Å². The normalized spacial score (nSPS) is 11.7. The Morgan fingerprint density at radius 3 is 2.70 bits per heavy atom. The van der Waals surface area contributed by atoms with Gasteiger partial charge in [-0.3, -0.25) is 0 Å². The molecule has 0 unspecified atom stereocenters. The minimum atomic E-state index is 0.0894. The molecule has 1 atom stereocenters. The lowest BCUT2D eigenvalue weighted by Crippen LogP contribution is -2.30. The lowest BCUT2D eigenvalue weighted by molar-refractivity contribution is 0.412. The van der Waals surface area contributed by atoms with E-state index in [-0.39, 0.29) is 6.04 Å². The van der Waals surface area contributed by atoms with Crippen molar-refractivity contribution in [1.29, 1.82) is 0 Å². The Balaban J connectivity index is 2.00. The molecule has 0 bridgehead atoms. The number of hydrogen-bond acceptors (Lipinski definition) is 2. The molecule has 0 radical (unpaired) electrons. The van der Waals surface area contributed by atoms with Crippen LogP contribution in [0, 0.1) is 0 Å². The Morgan fingerprint density at radius 2 is 2.04 bits per heavy atom. The minimum absolute atomic E-state index is 0.0894. The minimum Gasteiger partial charge on any atom is -0.496 e. The fourth-order valence-corrected chi connectivity index (χ4v) is 3.12. The molecule has 23 heavy (non-hydrogen) atoms. The lowest BCUT2D eigenvalue weighted by atomic mass is 10.1. The third kappa shape index (κ3) is 4.94. The predicted octanol–water partition coefficient (Wildman–Crippen LogP) is 5.07. The first-order valence-electron chi connectivity index (χ1n) is 7.53. The SMILES string of the molecule is CCc1cccc(NC(=S)N[C@@H](C)c2ccc(OC)c(Br)c2)c1. The van der Waals surface area contributed by atoms with E-state index in [4.69, 9.17) is 17.0 Å². The second-order valence-electron chi connectivity index (χ2n) is 5.27. The molecule has 122 valence electrons. The van der Waals surface area contributed by atoms with Gasteiger partial charge in [0.15, 0.2) is 5.11 Å². The van der Waals surface area contributed by atoms with Crippen LogP contribution in [0.3, 0.4) is 0 Å². The second-order valence-corrected chi connectivity index (χ2v) is 6.53. The molecule has 2 aromatic rings. The van der Waals surface area contributed by atoms with Gasteiger partial charge in [0.2, 0.25) is 0 Å². The van der Waals surface area contributed by atoms with Crippen LogP contribution in [0.2, 0.25) is 0 Å². The molecule has 2 N–H and O–H groups in total. The number of nitrogens with one attached hydrogen (secondary N) is 2. The van der Waals surface area contributed by atoms with Crippen LogP contribution in [0.4, 0.5) is 5.69 Å².